The summed E-state index contributed by atoms with van der Waals surface area (Å²) in [4.78, 5) is 13.6. The second-order valence-corrected chi connectivity index (χ2v) is 3.58. The van der Waals surface area contributed by atoms with Gasteiger partial charge in [0.25, 0.3) is 5.69 Å². The van der Waals surface area contributed by atoms with E-state index >= 15 is 0 Å². The Morgan fingerprint density at radius 3 is 2.78 bits per heavy atom. The molecule has 0 saturated heterocycles. The smallest absolute Gasteiger partial charge is 0.258 e. The van der Waals surface area contributed by atoms with Crippen LogP contribution in [-0.2, 0) is 0 Å². The molecule has 0 atom stereocenters. The van der Waals surface area contributed by atoms with E-state index in [0.29, 0.717) is 4.68 Å². The van der Waals surface area contributed by atoms with Crippen molar-refractivity contribution in [1.82, 2.24) is 14.8 Å². The first-order chi connectivity index (χ1) is 8.52. The Morgan fingerprint density at radius 2 is 2.17 bits per heavy atom. The van der Waals surface area contributed by atoms with E-state index in [1.54, 1.807) is 0 Å². The molecule has 0 amide bonds. The predicted octanol–water partition coefficient (Wildman–Crippen LogP) is 2.90. The maximum absolute atomic E-state index is 12.6. The molecule has 0 bridgehead atoms. The van der Waals surface area contributed by atoms with Gasteiger partial charge >= 0.3 is 6.55 Å². The van der Waals surface area contributed by atoms with E-state index in [4.69, 9.17) is 11.6 Å². The highest BCUT2D eigenvalue weighted by molar-refractivity contribution is 6.35. The zero-order chi connectivity index (χ0) is 13.3. The minimum atomic E-state index is -2.90. The van der Waals surface area contributed by atoms with E-state index < -0.39 is 11.5 Å². The fraction of sp³-hybridized carbons (Fsp3) is 0.111. The molecular weight excluding hydrogens is 270 g/mol. The van der Waals surface area contributed by atoms with Gasteiger partial charge < -0.3 is 0 Å². The van der Waals surface area contributed by atoms with Crippen LogP contribution >= 0.6 is 11.6 Å². The third-order valence-corrected chi connectivity index (χ3v) is 2.57. The van der Waals surface area contributed by atoms with Gasteiger partial charge in [0.05, 0.1) is 4.92 Å². The second kappa shape index (κ2) is 4.65. The summed E-state index contributed by atoms with van der Waals surface area (Å²) in [5.74, 6) is -0.223. The SMILES string of the molecule is O=[N+]([O-])c1cccc(-c2ncnn2C(F)F)c1Cl. The van der Waals surface area contributed by atoms with E-state index in [2.05, 4.69) is 10.1 Å². The Bertz CT molecular complexity index is 602. The van der Waals surface area contributed by atoms with Gasteiger partial charge in [0.15, 0.2) is 5.82 Å². The highest BCUT2D eigenvalue weighted by atomic mass is 35.5. The first-order valence-corrected chi connectivity index (χ1v) is 5.01. The van der Waals surface area contributed by atoms with Crippen molar-refractivity contribution < 1.29 is 13.7 Å². The molecule has 1 aromatic heterocycles. The van der Waals surface area contributed by atoms with E-state index in [1.807, 2.05) is 0 Å². The molecule has 0 unspecified atom stereocenters. The molecule has 18 heavy (non-hydrogen) atoms. The Balaban J connectivity index is 2.61. The number of alkyl halides is 2. The Morgan fingerprint density at radius 1 is 1.44 bits per heavy atom. The number of hydrogen-bond acceptors (Lipinski definition) is 4. The van der Waals surface area contributed by atoms with Gasteiger partial charge in [-0.3, -0.25) is 10.1 Å². The summed E-state index contributed by atoms with van der Waals surface area (Å²) in [6, 6.07) is 3.87. The molecule has 0 aliphatic rings. The van der Waals surface area contributed by atoms with Crippen molar-refractivity contribution in [3.05, 3.63) is 39.7 Å². The van der Waals surface area contributed by atoms with Crippen LogP contribution in [0.4, 0.5) is 14.5 Å². The summed E-state index contributed by atoms with van der Waals surface area (Å²) in [6.45, 7) is -2.90. The lowest BCUT2D eigenvalue weighted by molar-refractivity contribution is -0.384. The molecule has 1 aromatic carbocycles. The van der Waals surface area contributed by atoms with Crippen LogP contribution in [0.2, 0.25) is 5.02 Å². The summed E-state index contributed by atoms with van der Waals surface area (Å²) in [5.41, 5.74) is -0.346. The third kappa shape index (κ3) is 2.02. The molecule has 2 aromatic rings. The first kappa shape index (κ1) is 12.4. The third-order valence-electron chi connectivity index (χ3n) is 2.17. The molecule has 0 aliphatic heterocycles. The summed E-state index contributed by atoms with van der Waals surface area (Å²) >= 11 is 5.80. The highest BCUT2D eigenvalue weighted by Crippen LogP contribution is 2.34. The van der Waals surface area contributed by atoms with Gasteiger partial charge in [-0.15, -0.1) is 0 Å². The number of nitrogens with zero attached hydrogens (tertiary/aromatic N) is 4. The molecule has 9 heteroatoms. The Kier molecular flexibility index (Phi) is 3.19. The molecule has 94 valence electrons. The average molecular weight is 275 g/mol. The van der Waals surface area contributed by atoms with Gasteiger partial charge in [-0.05, 0) is 6.07 Å². The van der Waals surface area contributed by atoms with Gasteiger partial charge in [0.2, 0.25) is 0 Å². The van der Waals surface area contributed by atoms with Gasteiger partial charge in [0, 0.05) is 11.6 Å². The van der Waals surface area contributed by atoms with E-state index in [-0.39, 0.29) is 22.1 Å². The van der Waals surface area contributed by atoms with Crippen molar-refractivity contribution in [2.45, 2.75) is 6.55 Å². The molecule has 2 rings (SSSR count). The van der Waals surface area contributed by atoms with E-state index in [0.717, 1.165) is 6.33 Å². The van der Waals surface area contributed by atoms with Gasteiger partial charge in [0.1, 0.15) is 11.3 Å². The van der Waals surface area contributed by atoms with Crippen LogP contribution in [0.25, 0.3) is 11.4 Å². The second-order valence-electron chi connectivity index (χ2n) is 3.20. The molecule has 0 fully saturated rings. The minimum Gasteiger partial charge on any atom is -0.258 e. The normalized spacial score (nSPS) is 10.9. The van der Waals surface area contributed by atoms with Crippen molar-refractivity contribution in [2.24, 2.45) is 0 Å². The van der Waals surface area contributed by atoms with Crippen LogP contribution in [0.1, 0.15) is 6.55 Å². The molecule has 0 spiro atoms. The molecular formula is C9H5ClF2N4O2. The maximum Gasteiger partial charge on any atom is 0.335 e. The Hall–Kier alpha value is -2.09. The topological polar surface area (TPSA) is 73.8 Å². The zero-order valence-electron chi connectivity index (χ0n) is 8.63. The zero-order valence-corrected chi connectivity index (χ0v) is 9.38. The minimum absolute atomic E-state index is 0.0312. The number of halogens is 3. The van der Waals surface area contributed by atoms with Crippen molar-refractivity contribution in [2.75, 3.05) is 0 Å². The monoisotopic (exact) mass is 274 g/mol. The number of benzene rings is 1. The summed E-state index contributed by atoms with van der Waals surface area (Å²) in [5, 5.41) is 13.8. The summed E-state index contributed by atoms with van der Waals surface area (Å²) in [7, 11) is 0. The molecule has 0 saturated carbocycles. The van der Waals surface area contributed by atoms with E-state index in [9.17, 15) is 18.9 Å². The number of aromatic nitrogens is 3. The molecule has 0 aliphatic carbocycles. The lowest BCUT2D eigenvalue weighted by Gasteiger charge is -2.06. The van der Waals surface area contributed by atoms with Gasteiger partial charge in [-0.2, -0.15) is 18.6 Å². The summed E-state index contributed by atoms with van der Waals surface area (Å²) in [6.07, 6.45) is 0.927. The fourth-order valence-electron chi connectivity index (χ4n) is 1.42. The largest absolute Gasteiger partial charge is 0.335 e. The first-order valence-electron chi connectivity index (χ1n) is 4.63. The lowest BCUT2D eigenvalue weighted by atomic mass is 10.2. The van der Waals surface area contributed by atoms with Crippen LogP contribution < -0.4 is 0 Å². The standard InChI is InChI=1S/C9H5ClF2N4O2/c10-7-5(2-1-3-6(7)16(17)18)8-13-4-14-15(8)9(11)12/h1-4,9H. The van der Waals surface area contributed by atoms with Crippen molar-refractivity contribution >= 4 is 17.3 Å². The maximum atomic E-state index is 12.6. The van der Waals surface area contributed by atoms with Crippen LogP contribution in [-0.4, -0.2) is 19.7 Å². The summed E-state index contributed by atoms with van der Waals surface area (Å²) < 4.78 is 25.6. The lowest BCUT2D eigenvalue weighted by Crippen LogP contribution is -2.03. The van der Waals surface area contributed by atoms with Crippen molar-refractivity contribution in [3.63, 3.8) is 0 Å². The van der Waals surface area contributed by atoms with Crippen LogP contribution in [0.3, 0.4) is 0 Å². The molecule has 0 N–H and O–H groups in total. The van der Waals surface area contributed by atoms with Crippen molar-refractivity contribution in [1.29, 1.82) is 0 Å². The highest BCUT2D eigenvalue weighted by Gasteiger charge is 2.22. The number of nitro groups is 1. The number of nitro benzene ring substituents is 1. The predicted molar refractivity (Wildman–Crippen MR) is 58.4 cm³/mol. The van der Waals surface area contributed by atoms with Crippen LogP contribution in [0.5, 0.6) is 0 Å². The molecule has 6 nitrogen and oxygen atoms in total. The fourth-order valence-corrected chi connectivity index (χ4v) is 1.70. The quantitative estimate of drug-likeness (QED) is 0.637. The van der Waals surface area contributed by atoms with E-state index in [1.165, 1.54) is 18.2 Å². The number of rotatable bonds is 3. The Labute approximate surface area is 104 Å². The van der Waals surface area contributed by atoms with Crippen LogP contribution in [0.15, 0.2) is 24.5 Å². The number of hydrogen-bond donors (Lipinski definition) is 0. The van der Waals surface area contributed by atoms with Gasteiger partial charge in [-0.1, -0.05) is 17.7 Å². The van der Waals surface area contributed by atoms with Gasteiger partial charge in [-0.25, -0.2) is 4.98 Å². The molecule has 0 radical (unpaired) electrons. The van der Waals surface area contributed by atoms with Crippen LogP contribution in [0, 0.1) is 10.1 Å². The average Bonchev–Trinajstić information content (AvgIpc) is 2.77. The molecule has 1 heterocycles. The van der Waals surface area contributed by atoms with Crippen molar-refractivity contribution in [3.8, 4) is 11.4 Å².